The van der Waals surface area contributed by atoms with Crippen LogP contribution in [0.3, 0.4) is 0 Å². The summed E-state index contributed by atoms with van der Waals surface area (Å²) in [6.45, 7) is 0.738. The average molecular weight is 483 g/mol. The van der Waals surface area contributed by atoms with Gasteiger partial charge in [-0.25, -0.2) is 0 Å². The number of amides is 1. The van der Waals surface area contributed by atoms with Crippen molar-refractivity contribution in [2.75, 3.05) is 20.3 Å². The zero-order chi connectivity index (χ0) is 24.7. The van der Waals surface area contributed by atoms with Crippen LogP contribution in [0.25, 0.3) is 11.1 Å². The van der Waals surface area contributed by atoms with Crippen molar-refractivity contribution < 1.29 is 18.9 Å². The molecular formula is C28H26N4O4. The Labute approximate surface area is 209 Å². The van der Waals surface area contributed by atoms with E-state index < -0.39 is 6.04 Å². The quantitative estimate of drug-likeness (QED) is 0.330. The van der Waals surface area contributed by atoms with Crippen LogP contribution >= 0.6 is 0 Å². The molecule has 1 amide bonds. The van der Waals surface area contributed by atoms with Crippen LogP contribution in [0.2, 0.25) is 0 Å². The van der Waals surface area contributed by atoms with Crippen LogP contribution in [0.15, 0.2) is 94.6 Å². The second-order valence-electron chi connectivity index (χ2n) is 8.39. The zero-order valence-electron chi connectivity index (χ0n) is 19.9. The lowest BCUT2D eigenvalue weighted by Crippen LogP contribution is -2.31. The molecule has 5 rings (SSSR count). The van der Waals surface area contributed by atoms with Gasteiger partial charge in [0.15, 0.2) is 5.82 Å². The molecule has 8 nitrogen and oxygen atoms in total. The Hall–Kier alpha value is -4.46. The molecule has 36 heavy (non-hydrogen) atoms. The molecule has 1 aliphatic heterocycles. The van der Waals surface area contributed by atoms with E-state index in [0.29, 0.717) is 43.3 Å². The van der Waals surface area contributed by atoms with Crippen LogP contribution in [0.4, 0.5) is 0 Å². The summed E-state index contributed by atoms with van der Waals surface area (Å²) in [6, 6.07) is 26.8. The van der Waals surface area contributed by atoms with E-state index in [0.717, 1.165) is 22.6 Å². The second kappa shape index (κ2) is 10.9. The van der Waals surface area contributed by atoms with Gasteiger partial charge < -0.3 is 19.0 Å². The number of hydrogen-bond acceptors (Lipinski definition) is 7. The summed E-state index contributed by atoms with van der Waals surface area (Å²) in [5.74, 6) is 1.56. The first kappa shape index (κ1) is 23.3. The predicted molar refractivity (Wildman–Crippen MR) is 135 cm³/mol. The van der Waals surface area contributed by atoms with E-state index in [1.165, 1.54) is 7.11 Å². The van der Waals surface area contributed by atoms with Crippen molar-refractivity contribution in [2.24, 2.45) is 5.16 Å². The van der Waals surface area contributed by atoms with Gasteiger partial charge in [0.05, 0.1) is 25.3 Å². The van der Waals surface area contributed by atoms with Crippen molar-refractivity contribution in [1.29, 1.82) is 0 Å². The predicted octanol–water partition coefficient (Wildman–Crippen LogP) is 4.95. The highest BCUT2D eigenvalue weighted by Crippen LogP contribution is 2.31. The second-order valence-corrected chi connectivity index (χ2v) is 8.39. The Morgan fingerprint density at radius 1 is 1.00 bits per heavy atom. The molecule has 1 aliphatic rings. The number of benzene rings is 3. The summed E-state index contributed by atoms with van der Waals surface area (Å²) >= 11 is 0. The van der Waals surface area contributed by atoms with Crippen molar-refractivity contribution in [1.82, 2.24) is 15.0 Å². The van der Waals surface area contributed by atoms with Gasteiger partial charge in [0.1, 0.15) is 18.9 Å². The normalized spacial score (nSPS) is 16.3. The van der Waals surface area contributed by atoms with Crippen LogP contribution in [-0.4, -0.2) is 46.9 Å². The van der Waals surface area contributed by atoms with Crippen molar-refractivity contribution in [2.45, 2.75) is 18.9 Å². The Morgan fingerprint density at radius 2 is 1.69 bits per heavy atom. The molecule has 1 fully saturated rings. The fraction of sp³-hybridized carbons (Fsp3) is 0.214. The monoisotopic (exact) mass is 482 g/mol. The molecule has 182 valence electrons. The highest BCUT2D eigenvalue weighted by molar-refractivity contribution is 6.00. The summed E-state index contributed by atoms with van der Waals surface area (Å²) in [5, 5.41) is 8.25. The number of carbonyl (C=O) groups excluding carboxylic acids is 1. The van der Waals surface area contributed by atoms with Gasteiger partial charge in [0, 0.05) is 12.0 Å². The molecule has 0 radical (unpaired) electrons. The Kier molecular flexibility index (Phi) is 7.02. The first-order valence-corrected chi connectivity index (χ1v) is 11.8. The average Bonchev–Trinajstić information content (AvgIpc) is 3.57. The van der Waals surface area contributed by atoms with Gasteiger partial charge >= 0.3 is 0 Å². The van der Waals surface area contributed by atoms with E-state index in [4.69, 9.17) is 14.1 Å². The largest absolute Gasteiger partial charge is 0.493 e. The first-order chi connectivity index (χ1) is 17.7. The van der Waals surface area contributed by atoms with Gasteiger partial charge in [-0.05, 0) is 35.4 Å². The Morgan fingerprint density at radius 3 is 2.42 bits per heavy atom. The maximum absolute atomic E-state index is 13.5. The maximum atomic E-state index is 13.5. The number of rotatable bonds is 8. The summed E-state index contributed by atoms with van der Waals surface area (Å²) in [7, 11) is 1.49. The summed E-state index contributed by atoms with van der Waals surface area (Å²) < 4.78 is 11.2. The van der Waals surface area contributed by atoms with Gasteiger partial charge in [-0.3, -0.25) is 4.79 Å². The molecule has 0 spiro atoms. The van der Waals surface area contributed by atoms with E-state index in [1.54, 1.807) is 4.90 Å². The van der Waals surface area contributed by atoms with Crippen molar-refractivity contribution in [3.8, 4) is 16.9 Å². The summed E-state index contributed by atoms with van der Waals surface area (Å²) in [4.78, 5) is 24.7. The molecule has 1 atom stereocenters. The van der Waals surface area contributed by atoms with Gasteiger partial charge in [-0.15, -0.1) is 0 Å². The lowest BCUT2D eigenvalue weighted by molar-refractivity contribution is 0.0732. The standard InChI is InChI=1S/C28H26N4O4/c1-34-30-23-18-25(27-29-26(36-31-27)16-17-35-24-10-6-3-7-11-24)32(19-23)28(33)22-14-12-21(13-15-22)20-8-4-2-5-9-20/h2-15,25H,16-19H2,1H3/b30-23+. The molecule has 3 aromatic carbocycles. The third-order valence-corrected chi connectivity index (χ3v) is 5.99. The minimum absolute atomic E-state index is 0.125. The number of carbonyl (C=O) groups is 1. The van der Waals surface area contributed by atoms with E-state index >= 15 is 0 Å². The molecule has 0 saturated carbocycles. The number of likely N-dealkylation sites (tertiary alicyclic amines) is 1. The Bertz CT molecular complexity index is 1320. The van der Waals surface area contributed by atoms with Gasteiger partial charge in [0.2, 0.25) is 5.89 Å². The molecule has 1 unspecified atom stereocenters. The van der Waals surface area contributed by atoms with Crippen LogP contribution in [-0.2, 0) is 11.3 Å². The third-order valence-electron chi connectivity index (χ3n) is 5.99. The SMILES string of the molecule is CO/N=C1\CC(c2noc(CCOc3ccccc3)n2)N(C(=O)c2ccc(-c3ccccc3)cc2)C1. The minimum Gasteiger partial charge on any atom is -0.493 e. The molecular weight excluding hydrogens is 456 g/mol. The topological polar surface area (TPSA) is 90.1 Å². The van der Waals surface area contributed by atoms with Crippen molar-refractivity contribution in [3.63, 3.8) is 0 Å². The molecule has 4 aromatic rings. The molecule has 1 aromatic heterocycles. The molecule has 1 saturated heterocycles. The highest BCUT2D eigenvalue weighted by atomic mass is 16.6. The lowest BCUT2D eigenvalue weighted by Gasteiger charge is -2.21. The number of oxime groups is 1. The number of aromatic nitrogens is 2. The minimum atomic E-state index is -0.396. The summed E-state index contributed by atoms with van der Waals surface area (Å²) in [6.07, 6.45) is 0.934. The van der Waals surface area contributed by atoms with E-state index in [-0.39, 0.29) is 5.91 Å². The molecule has 0 bridgehead atoms. The van der Waals surface area contributed by atoms with Gasteiger partial charge in [-0.2, -0.15) is 4.98 Å². The first-order valence-electron chi connectivity index (χ1n) is 11.8. The van der Waals surface area contributed by atoms with Crippen LogP contribution < -0.4 is 4.74 Å². The van der Waals surface area contributed by atoms with Crippen molar-refractivity contribution in [3.05, 3.63) is 102 Å². The van der Waals surface area contributed by atoms with E-state index in [1.807, 2.05) is 84.9 Å². The molecule has 0 N–H and O–H groups in total. The lowest BCUT2D eigenvalue weighted by atomic mass is 10.0. The van der Waals surface area contributed by atoms with Crippen LogP contribution in [0.1, 0.15) is 34.5 Å². The van der Waals surface area contributed by atoms with Crippen LogP contribution in [0, 0.1) is 0 Å². The Balaban J connectivity index is 1.30. The van der Waals surface area contributed by atoms with E-state index in [9.17, 15) is 4.79 Å². The van der Waals surface area contributed by atoms with Crippen molar-refractivity contribution >= 4 is 11.6 Å². The zero-order valence-corrected chi connectivity index (χ0v) is 19.9. The molecule has 2 heterocycles. The van der Waals surface area contributed by atoms with Gasteiger partial charge in [-0.1, -0.05) is 71.0 Å². The third kappa shape index (κ3) is 5.27. The number of ether oxygens (including phenoxy) is 1. The number of nitrogens with zero attached hydrogens (tertiary/aromatic N) is 4. The summed E-state index contributed by atoms with van der Waals surface area (Å²) in [5.41, 5.74) is 3.47. The maximum Gasteiger partial charge on any atom is 0.254 e. The smallest absolute Gasteiger partial charge is 0.254 e. The molecule has 0 aliphatic carbocycles. The van der Waals surface area contributed by atoms with Gasteiger partial charge in [0.25, 0.3) is 5.91 Å². The fourth-order valence-corrected chi connectivity index (χ4v) is 4.22. The molecule has 8 heteroatoms. The van der Waals surface area contributed by atoms with E-state index in [2.05, 4.69) is 15.3 Å². The highest BCUT2D eigenvalue weighted by Gasteiger charge is 2.37. The van der Waals surface area contributed by atoms with Crippen LogP contribution in [0.5, 0.6) is 5.75 Å². The number of para-hydroxylation sites is 1. The number of hydrogen-bond donors (Lipinski definition) is 0. The fourth-order valence-electron chi connectivity index (χ4n) is 4.22.